The van der Waals surface area contributed by atoms with Crippen LogP contribution in [0.5, 0.6) is 0 Å². The maximum atomic E-state index is 4.11. The van der Waals surface area contributed by atoms with Gasteiger partial charge >= 0.3 is 0 Å². The molecule has 2 nitrogen and oxygen atoms in total. The zero-order valence-corrected chi connectivity index (χ0v) is 18.0. The highest BCUT2D eigenvalue weighted by atomic mass is 35.5. The number of rotatable bonds is 4. The van der Waals surface area contributed by atoms with Crippen LogP contribution in [0.4, 0.5) is 11.4 Å². The molecule has 0 amide bonds. The Hall–Kier alpha value is -2.71. The lowest BCUT2D eigenvalue weighted by atomic mass is 9.92. The summed E-state index contributed by atoms with van der Waals surface area (Å²) in [4.78, 5) is 0. The van der Waals surface area contributed by atoms with Gasteiger partial charge in [0, 0.05) is 25.5 Å². The largest absolute Gasteiger partial charge is 1.00 e. The van der Waals surface area contributed by atoms with Crippen molar-refractivity contribution in [2.45, 2.75) is 20.8 Å². The third kappa shape index (κ3) is 4.23. The summed E-state index contributed by atoms with van der Waals surface area (Å²) in [5, 5.41) is 8.80. The van der Waals surface area contributed by atoms with E-state index in [4.69, 9.17) is 0 Å². The van der Waals surface area contributed by atoms with Gasteiger partial charge < -0.3 is 23.0 Å². The molecule has 0 heterocycles. The van der Waals surface area contributed by atoms with Crippen molar-refractivity contribution in [2.24, 2.45) is 0 Å². The number of nitrogens with one attached hydrogen (secondary N) is 2. The van der Waals surface area contributed by atoms with Crippen LogP contribution < -0.4 is 33.5 Å². The van der Waals surface area contributed by atoms with Crippen molar-refractivity contribution in [1.29, 1.82) is 0 Å². The minimum atomic E-state index is 0. The van der Waals surface area contributed by atoms with Crippen molar-refractivity contribution in [1.82, 2.24) is 0 Å². The van der Waals surface area contributed by atoms with E-state index in [2.05, 4.69) is 92.6 Å². The van der Waals surface area contributed by atoms with Crippen molar-refractivity contribution in [3.63, 3.8) is 0 Å². The quantitative estimate of drug-likeness (QED) is 0.701. The van der Waals surface area contributed by atoms with E-state index in [0.29, 0.717) is 0 Å². The van der Waals surface area contributed by atoms with E-state index in [1.807, 2.05) is 14.1 Å². The van der Waals surface area contributed by atoms with Gasteiger partial charge in [-0.3, -0.25) is 0 Å². The molecule has 0 radical (unpaired) electrons. The number of hydrogen-bond acceptors (Lipinski definition) is 2. The van der Waals surface area contributed by atoms with E-state index in [1.165, 1.54) is 38.6 Å². The normalized spacial score (nSPS) is 10.2. The number of anilines is 2. The fraction of sp³-hybridized carbons (Fsp3) is 0.200. The first-order chi connectivity index (χ1) is 12.9. The highest BCUT2D eigenvalue weighted by Crippen LogP contribution is 2.27. The second kappa shape index (κ2) is 8.99. The molecule has 3 rings (SSSR count). The molecule has 0 saturated heterocycles. The molecule has 3 aromatic rings. The molecule has 0 aliphatic rings. The third-order valence-electron chi connectivity index (χ3n) is 5.20. The minimum absolute atomic E-state index is 0. The summed E-state index contributed by atoms with van der Waals surface area (Å²) in [5.74, 6) is 0. The van der Waals surface area contributed by atoms with Crippen LogP contribution in [0, 0.1) is 20.8 Å². The maximum Gasteiger partial charge on any atom is 0.0367 e. The molecule has 0 bridgehead atoms. The first kappa shape index (κ1) is 21.6. The van der Waals surface area contributed by atoms with Crippen LogP contribution in [0.3, 0.4) is 0 Å². The molecule has 28 heavy (non-hydrogen) atoms. The summed E-state index contributed by atoms with van der Waals surface area (Å²) in [7, 11) is 3.92. The molecule has 3 heteroatoms. The summed E-state index contributed by atoms with van der Waals surface area (Å²) in [6, 6.07) is 19.7. The summed E-state index contributed by atoms with van der Waals surface area (Å²) in [6.45, 7) is 10.5. The van der Waals surface area contributed by atoms with Crippen LogP contribution in [0.15, 0.2) is 54.6 Å². The lowest BCUT2D eigenvalue weighted by Gasteiger charge is -2.15. The number of benzene rings is 3. The van der Waals surface area contributed by atoms with Gasteiger partial charge in [0.25, 0.3) is 0 Å². The van der Waals surface area contributed by atoms with Crippen molar-refractivity contribution in [2.75, 3.05) is 24.7 Å². The van der Waals surface area contributed by atoms with Gasteiger partial charge in [0.2, 0.25) is 0 Å². The Labute approximate surface area is 174 Å². The Balaban J connectivity index is 0.00000280. The van der Waals surface area contributed by atoms with Crippen LogP contribution in [0.2, 0.25) is 0 Å². The third-order valence-corrected chi connectivity index (χ3v) is 5.20. The van der Waals surface area contributed by atoms with Gasteiger partial charge in [0.15, 0.2) is 0 Å². The van der Waals surface area contributed by atoms with E-state index in [0.717, 1.165) is 16.6 Å². The average Bonchev–Trinajstić information content (AvgIpc) is 2.65. The van der Waals surface area contributed by atoms with Gasteiger partial charge in [0.05, 0.1) is 0 Å². The van der Waals surface area contributed by atoms with Crippen LogP contribution in [0.1, 0.15) is 27.8 Å². The van der Waals surface area contributed by atoms with Gasteiger partial charge in [-0.05, 0) is 88.9 Å². The predicted molar refractivity (Wildman–Crippen MR) is 119 cm³/mol. The average molecular weight is 392 g/mol. The van der Waals surface area contributed by atoms with Gasteiger partial charge in [-0.2, -0.15) is 0 Å². The molecule has 0 spiro atoms. The lowest BCUT2D eigenvalue weighted by Crippen LogP contribution is -3.00. The fourth-order valence-corrected chi connectivity index (χ4v) is 3.55. The van der Waals surface area contributed by atoms with Gasteiger partial charge in [-0.1, -0.05) is 36.9 Å². The molecule has 0 unspecified atom stereocenters. The zero-order chi connectivity index (χ0) is 19.6. The Morgan fingerprint density at radius 1 is 0.679 bits per heavy atom. The van der Waals surface area contributed by atoms with E-state index < -0.39 is 0 Å². The Kier molecular flexibility index (Phi) is 6.93. The smallest absolute Gasteiger partial charge is 0.0367 e. The van der Waals surface area contributed by atoms with E-state index >= 15 is 0 Å². The van der Waals surface area contributed by atoms with E-state index in [9.17, 15) is 0 Å². The zero-order valence-electron chi connectivity index (χ0n) is 17.3. The van der Waals surface area contributed by atoms with Crippen molar-refractivity contribution in [3.05, 3.63) is 92.9 Å². The first-order valence-electron chi connectivity index (χ1n) is 9.32. The highest BCUT2D eigenvalue weighted by Gasteiger charge is 2.10. The molecule has 0 aliphatic heterocycles. The number of halogens is 1. The molecule has 0 aliphatic carbocycles. The summed E-state index contributed by atoms with van der Waals surface area (Å²) < 4.78 is 0. The molecule has 0 fully saturated rings. The monoisotopic (exact) mass is 391 g/mol. The molecule has 2 N–H and O–H groups in total. The fourth-order valence-electron chi connectivity index (χ4n) is 3.55. The molecule has 0 atom stereocenters. The van der Waals surface area contributed by atoms with E-state index in [1.54, 1.807) is 0 Å². The molecule has 0 aromatic heterocycles. The van der Waals surface area contributed by atoms with Gasteiger partial charge in [-0.15, -0.1) is 0 Å². The van der Waals surface area contributed by atoms with Crippen LogP contribution in [0.25, 0.3) is 12.2 Å². The molecule has 0 saturated carbocycles. The Morgan fingerprint density at radius 3 is 1.57 bits per heavy atom. The second-order valence-electron chi connectivity index (χ2n) is 7.08. The molecular weight excluding hydrogens is 364 g/mol. The first-order valence-corrected chi connectivity index (χ1v) is 9.32. The molecular formula is C25H28ClN2-. The maximum absolute atomic E-state index is 4.11. The standard InChI is InChI=1S/C25H28N2.ClH/c1-16-7-8-20(13-17(16)2)25(21-9-11-23(26-5)18(3)14-21)22-10-12-24(27-6)19(4)15-22;/h7-15,26-27H,1H2,2-6H3;1H/p-1. The Bertz CT molecular complexity index is 1040. The SMILES string of the molecule is C=c1ccc(=C(c2ccc(NC)c(C)c2)c2ccc(NC)c(C)c2)cc1C.[Cl-]. The van der Waals surface area contributed by atoms with Crippen LogP contribution >= 0.6 is 0 Å². The molecule has 3 aromatic carbocycles. The highest BCUT2D eigenvalue weighted by molar-refractivity contribution is 5.82. The summed E-state index contributed by atoms with van der Waals surface area (Å²) >= 11 is 0. The van der Waals surface area contributed by atoms with Crippen LogP contribution in [-0.2, 0) is 0 Å². The number of aryl methyl sites for hydroxylation is 3. The number of hydrogen-bond donors (Lipinski definition) is 2. The predicted octanol–water partition coefficient (Wildman–Crippen LogP) is 1.36. The van der Waals surface area contributed by atoms with Crippen molar-refractivity contribution >= 4 is 23.5 Å². The Morgan fingerprint density at radius 2 is 1.18 bits per heavy atom. The topological polar surface area (TPSA) is 24.1 Å². The van der Waals surface area contributed by atoms with Crippen LogP contribution in [-0.4, -0.2) is 14.1 Å². The second-order valence-corrected chi connectivity index (χ2v) is 7.08. The summed E-state index contributed by atoms with van der Waals surface area (Å²) in [6.07, 6.45) is 0. The lowest BCUT2D eigenvalue weighted by molar-refractivity contribution is -0.00000556. The van der Waals surface area contributed by atoms with E-state index in [-0.39, 0.29) is 12.4 Å². The summed E-state index contributed by atoms with van der Waals surface area (Å²) in [5.41, 5.74) is 9.68. The van der Waals surface area contributed by atoms with Gasteiger partial charge in [0.1, 0.15) is 0 Å². The van der Waals surface area contributed by atoms with Gasteiger partial charge in [-0.25, -0.2) is 0 Å². The van der Waals surface area contributed by atoms with Crippen molar-refractivity contribution < 1.29 is 12.4 Å². The van der Waals surface area contributed by atoms with Crippen molar-refractivity contribution in [3.8, 4) is 0 Å². The molecule has 146 valence electrons. The minimum Gasteiger partial charge on any atom is -1.00 e.